The van der Waals surface area contributed by atoms with E-state index in [0.717, 1.165) is 35.3 Å². The van der Waals surface area contributed by atoms with E-state index in [1.54, 1.807) is 6.20 Å². The largest absolute Gasteiger partial charge is 0.338 e. The Kier molecular flexibility index (Phi) is 3.08. The van der Waals surface area contributed by atoms with Crippen LogP contribution in [0.25, 0.3) is 5.52 Å². The van der Waals surface area contributed by atoms with E-state index in [4.69, 9.17) is 4.98 Å². The zero-order valence-electron chi connectivity index (χ0n) is 12.8. The number of hydrogen-bond acceptors (Lipinski definition) is 3. The zero-order valence-corrected chi connectivity index (χ0v) is 14.4. The van der Waals surface area contributed by atoms with E-state index in [-0.39, 0.29) is 5.41 Å². The molecule has 4 heterocycles. The highest BCUT2D eigenvalue weighted by Crippen LogP contribution is 2.45. The summed E-state index contributed by atoms with van der Waals surface area (Å²) >= 11 is 3.51. The molecule has 2 aliphatic rings. The molecule has 116 valence electrons. The van der Waals surface area contributed by atoms with E-state index in [1.807, 2.05) is 16.8 Å². The molecule has 0 radical (unpaired) electrons. The Hall–Kier alpha value is -1.43. The van der Waals surface area contributed by atoms with Crippen LogP contribution in [0.1, 0.15) is 44.7 Å². The standard InChI is InChI=1S/C16H19BrN4O/c1-16(2)7-13(22)21-9-10(3-4-12(16)21)14-11-8-18-5-6-20(11)15(17)19-14/h5-6,8,10,12H,3-4,7,9H2,1-2H3. The Balaban J connectivity index is 1.69. The number of fused-ring (bicyclic) bond motifs is 2. The molecule has 0 aliphatic carbocycles. The SMILES string of the molecule is CC1(C)CC(=O)N2CC(c3nc(Br)n4ccncc34)CCC21. The van der Waals surface area contributed by atoms with E-state index >= 15 is 0 Å². The topological polar surface area (TPSA) is 50.5 Å². The number of carbonyl (C=O) groups is 1. The number of amides is 1. The molecule has 0 aromatic carbocycles. The van der Waals surface area contributed by atoms with E-state index in [9.17, 15) is 4.79 Å². The maximum absolute atomic E-state index is 12.3. The van der Waals surface area contributed by atoms with Crippen LogP contribution in [0.3, 0.4) is 0 Å². The minimum atomic E-state index is 0.0977. The van der Waals surface area contributed by atoms with Gasteiger partial charge in [0, 0.05) is 37.3 Å². The predicted molar refractivity (Wildman–Crippen MR) is 86.6 cm³/mol. The van der Waals surface area contributed by atoms with Gasteiger partial charge >= 0.3 is 0 Å². The molecule has 2 unspecified atom stereocenters. The first-order valence-corrected chi connectivity index (χ1v) is 8.53. The van der Waals surface area contributed by atoms with Gasteiger partial charge in [-0.2, -0.15) is 0 Å². The van der Waals surface area contributed by atoms with Gasteiger partial charge < -0.3 is 4.90 Å². The van der Waals surface area contributed by atoms with E-state index in [1.165, 1.54) is 0 Å². The van der Waals surface area contributed by atoms with Gasteiger partial charge in [-0.05, 0) is 34.2 Å². The van der Waals surface area contributed by atoms with Crippen LogP contribution in [0, 0.1) is 5.41 Å². The number of nitrogens with zero attached hydrogens (tertiary/aromatic N) is 4. The molecule has 2 aliphatic heterocycles. The van der Waals surface area contributed by atoms with Crippen LogP contribution in [0.15, 0.2) is 23.3 Å². The van der Waals surface area contributed by atoms with Crippen molar-refractivity contribution in [3.05, 3.63) is 29.0 Å². The number of halogens is 1. The third-order valence-electron chi connectivity index (χ3n) is 5.23. The molecule has 22 heavy (non-hydrogen) atoms. The molecule has 2 aromatic rings. The van der Waals surface area contributed by atoms with E-state index in [2.05, 4.69) is 39.7 Å². The number of imidazole rings is 1. The number of aromatic nitrogens is 3. The Labute approximate surface area is 137 Å². The molecular weight excluding hydrogens is 344 g/mol. The average molecular weight is 363 g/mol. The Morgan fingerprint density at radius 3 is 3.00 bits per heavy atom. The lowest BCUT2D eigenvalue weighted by Gasteiger charge is -2.39. The van der Waals surface area contributed by atoms with Gasteiger partial charge in [0.25, 0.3) is 0 Å². The Morgan fingerprint density at radius 2 is 2.18 bits per heavy atom. The Morgan fingerprint density at radius 1 is 1.36 bits per heavy atom. The van der Waals surface area contributed by atoms with Gasteiger partial charge in [-0.1, -0.05) is 13.8 Å². The van der Waals surface area contributed by atoms with Crippen molar-refractivity contribution in [2.24, 2.45) is 5.41 Å². The highest BCUT2D eigenvalue weighted by Gasteiger charge is 2.48. The number of hydrogen-bond donors (Lipinski definition) is 0. The lowest BCUT2D eigenvalue weighted by molar-refractivity contribution is -0.130. The molecule has 0 spiro atoms. The van der Waals surface area contributed by atoms with Crippen molar-refractivity contribution in [1.29, 1.82) is 0 Å². The van der Waals surface area contributed by atoms with Crippen molar-refractivity contribution in [3.8, 4) is 0 Å². The van der Waals surface area contributed by atoms with Crippen LogP contribution in [-0.4, -0.2) is 37.8 Å². The van der Waals surface area contributed by atoms with Crippen LogP contribution in [0.5, 0.6) is 0 Å². The molecule has 1 amide bonds. The fourth-order valence-corrected chi connectivity index (χ4v) is 4.61. The van der Waals surface area contributed by atoms with Gasteiger partial charge in [0.1, 0.15) is 0 Å². The minimum absolute atomic E-state index is 0.0977. The monoisotopic (exact) mass is 362 g/mol. The fraction of sp³-hybridized carbons (Fsp3) is 0.562. The van der Waals surface area contributed by atoms with Crippen molar-refractivity contribution in [2.75, 3.05) is 6.54 Å². The minimum Gasteiger partial charge on any atom is -0.338 e. The van der Waals surface area contributed by atoms with Gasteiger partial charge in [0.05, 0.1) is 17.4 Å². The smallest absolute Gasteiger partial charge is 0.223 e. The lowest BCUT2D eigenvalue weighted by Crippen LogP contribution is -2.44. The van der Waals surface area contributed by atoms with Gasteiger partial charge in [-0.3, -0.25) is 14.2 Å². The summed E-state index contributed by atoms with van der Waals surface area (Å²) in [6.07, 6.45) is 8.32. The quantitative estimate of drug-likeness (QED) is 0.783. The second kappa shape index (κ2) is 4.78. The Bertz CT molecular complexity index is 754. The predicted octanol–water partition coefficient (Wildman–Crippen LogP) is 3.00. The van der Waals surface area contributed by atoms with E-state index in [0.29, 0.717) is 24.3 Å². The summed E-state index contributed by atoms with van der Waals surface area (Å²) in [7, 11) is 0. The van der Waals surface area contributed by atoms with Gasteiger partial charge in [-0.15, -0.1) is 0 Å². The van der Waals surface area contributed by atoms with E-state index < -0.39 is 0 Å². The highest BCUT2D eigenvalue weighted by molar-refractivity contribution is 9.10. The summed E-state index contributed by atoms with van der Waals surface area (Å²) in [4.78, 5) is 23.4. The summed E-state index contributed by atoms with van der Waals surface area (Å²) in [5.41, 5.74) is 2.18. The molecule has 2 aromatic heterocycles. The summed E-state index contributed by atoms with van der Waals surface area (Å²) in [6.45, 7) is 5.20. The van der Waals surface area contributed by atoms with Crippen molar-refractivity contribution < 1.29 is 4.79 Å². The third-order valence-corrected chi connectivity index (χ3v) is 5.79. The van der Waals surface area contributed by atoms with Crippen molar-refractivity contribution in [1.82, 2.24) is 19.3 Å². The molecule has 2 atom stereocenters. The van der Waals surface area contributed by atoms with Crippen molar-refractivity contribution in [2.45, 2.75) is 45.1 Å². The van der Waals surface area contributed by atoms with Gasteiger partial charge in [-0.25, -0.2) is 4.98 Å². The summed E-state index contributed by atoms with van der Waals surface area (Å²) < 4.78 is 2.81. The highest BCUT2D eigenvalue weighted by atomic mass is 79.9. The third kappa shape index (κ3) is 2.00. The molecule has 4 rings (SSSR count). The molecule has 0 bridgehead atoms. The molecule has 2 fully saturated rings. The van der Waals surface area contributed by atoms with Crippen LogP contribution >= 0.6 is 15.9 Å². The maximum atomic E-state index is 12.3. The fourth-order valence-electron chi connectivity index (χ4n) is 4.11. The first-order chi connectivity index (χ1) is 10.5. The summed E-state index contributed by atoms with van der Waals surface area (Å²) in [5, 5.41) is 0. The van der Waals surface area contributed by atoms with Crippen molar-refractivity contribution >= 4 is 27.4 Å². The maximum Gasteiger partial charge on any atom is 0.223 e. The summed E-state index contributed by atoms with van der Waals surface area (Å²) in [5.74, 6) is 0.583. The normalized spacial score (nSPS) is 27.4. The van der Waals surface area contributed by atoms with Crippen LogP contribution in [0.2, 0.25) is 0 Å². The second-order valence-corrected chi connectivity index (χ2v) is 7.81. The molecular formula is C16H19BrN4O. The molecule has 0 saturated carbocycles. The first kappa shape index (κ1) is 14.2. The zero-order chi connectivity index (χ0) is 15.5. The van der Waals surface area contributed by atoms with Crippen LogP contribution in [0.4, 0.5) is 0 Å². The van der Waals surface area contributed by atoms with Crippen LogP contribution in [-0.2, 0) is 4.79 Å². The molecule has 2 saturated heterocycles. The molecule has 6 heteroatoms. The number of piperidine rings is 1. The number of carbonyl (C=O) groups excluding carboxylic acids is 1. The molecule has 5 nitrogen and oxygen atoms in total. The van der Waals surface area contributed by atoms with Crippen LogP contribution < -0.4 is 0 Å². The first-order valence-electron chi connectivity index (χ1n) is 7.74. The average Bonchev–Trinajstić information content (AvgIpc) is 2.95. The lowest BCUT2D eigenvalue weighted by atomic mass is 9.78. The second-order valence-electron chi connectivity index (χ2n) is 7.10. The number of rotatable bonds is 1. The molecule has 0 N–H and O–H groups in total. The van der Waals surface area contributed by atoms with Gasteiger partial charge in [0.2, 0.25) is 5.91 Å². The van der Waals surface area contributed by atoms with Crippen molar-refractivity contribution in [3.63, 3.8) is 0 Å². The summed E-state index contributed by atoms with van der Waals surface area (Å²) in [6, 6.07) is 0.381. The van der Waals surface area contributed by atoms with Gasteiger partial charge in [0.15, 0.2) is 4.73 Å².